The van der Waals surface area contributed by atoms with Gasteiger partial charge >= 0.3 is 0 Å². The van der Waals surface area contributed by atoms with Crippen molar-refractivity contribution >= 4 is 0 Å². The number of likely N-dealkylation sites (tertiary alicyclic amines) is 2. The van der Waals surface area contributed by atoms with Crippen molar-refractivity contribution in [2.45, 2.75) is 39.0 Å². The Morgan fingerprint density at radius 2 is 1.50 bits per heavy atom. The highest BCUT2D eigenvalue weighted by atomic mass is 15.2. The third-order valence-corrected chi connectivity index (χ3v) is 4.57. The highest BCUT2D eigenvalue weighted by Gasteiger charge is 2.19. The van der Waals surface area contributed by atoms with E-state index in [1.807, 2.05) is 0 Å². The molecule has 2 heterocycles. The van der Waals surface area contributed by atoms with Crippen LogP contribution in [0.2, 0.25) is 0 Å². The molecule has 0 unspecified atom stereocenters. The Hall–Kier alpha value is -0.120. The molecule has 0 aromatic carbocycles. The van der Waals surface area contributed by atoms with Gasteiger partial charge in [0.05, 0.1) is 0 Å². The molecule has 106 valence electrons. The molecule has 2 aliphatic rings. The van der Waals surface area contributed by atoms with Crippen LogP contribution in [-0.2, 0) is 0 Å². The fourth-order valence-corrected chi connectivity index (χ4v) is 3.23. The van der Waals surface area contributed by atoms with Gasteiger partial charge in [-0.1, -0.05) is 13.3 Å². The lowest BCUT2D eigenvalue weighted by Crippen LogP contribution is -2.42. The highest BCUT2D eigenvalue weighted by molar-refractivity contribution is 4.75. The fourth-order valence-electron chi connectivity index (χ4n) is 3.23. The summed E-state index contributed by atoms with van der Waals surface area (Å²) in [6.07, 6.45) is 7.09. The maximum atomic E-state index is 3.49. The summed E-state index contributed by atoms with van der Waals surface area (Å²) >= 11 is 0. The van der Waals surface area contributed by atoms with Gasteiger partial charge in [-0.3, -0.25) is 0 Å². The highest BCUT2D eigenvalue weighted by Crippen LogP contribution is 2.16. The van der Waals surface area contributed by atoms with Crippen LogP contribution in [0.5, 0.6) is 0 Å². The Labute approximate surface area is 113 Å². The van der Waals surface area contributed by atoms with Crippen molar-refractivity contribution < 1.29 is 0 Å². The number of hydrogen-bond acceptors (Lipinski definition) is 3. The minimum atomic E-state index is 0.927. The third kappa shape index (κ3) is 4.87. The summed E-state index contributed by atoms with van der Waals surface area (Å²) in [6, 6.07) is 0. The zero-order valence-electron chi connectivity index (χ0n) is 12.2. The zero-order valence-corrected chi connectivity index (χ0v) is 12.2. The summed E-state index contributed by atoms with van der Waals surface area (Å²) in [5, 5.41) is 3.49. The molecule has 3 heteroatoms. The van der Waals surface area contributed by atoms with Crippen LogP contribution in [0.25, 0.3) is 0 Å². The standard InChI is InChI=1S/C15H31N3/c1-2-16-14-15-6-10-18(11-7-15)13-12-17-8-4-3-5-9-17/h15-16H,2-14H2,1H3. The summed E-state index contributed by atoms with van der Waals surface area (Å²) in [6.45, 7) is 12.5. The van der Waals surface area contributed by atoms with Gasteiger partial charge in [-0.25, -0.2) is 0 Å². The van der Waals surface area contributed by atoms with Crippen LogP contribution in [0.15, 0.2) is 0 Å². The van der Waals surface area contributed by atoms with E-state index in [9.17, 15) is 0 Å². The van der Waals surface area contributed by atoms with Crippen LogP contribution in [0.3, 0.4) is 0 Å². The van der Waals surface area contributed by atoms with Crippen molar-refractivity contribution in [3.8, 4) is 0 Å². The first-order valence-corrected chi connectivity index (χ1v) is 8.04. The lowest BCUT2D eigenvalue weighted by atomic mass is 9.97. The fraction of sp³-hybridized carbons (Fsp3) is 1.00. The zero-order chi connectivity index (χ0) is 12.6. The number of hydrogen-bond donors (Lipinski definition) is 1. The second-order valence-corrected chi connectivity index (χ2v) is 5.99. The molecule has 0 spiro atoms. The van der Waals surface area contributed by atoms with Crippen molar-refractivity contribution in [3.05, 3.63) is 0 Å². The van der Waals surface area contributed by atoms with E-state index >= 15 is 0 Å². The van der Waals surface area contributed by atoms with E-state index < -0.39 is 0 Å². The predicted molar refractivity (Wildman–Crippen MR) is 78.0 cm³/mol. The van der Waals surface area contributed by atoms with Crippen LogP contribution in [0, 0.1) is 5.92 Å². The minimum Gasteiger partial charge on any atom is -0.317 e. The first kappa shape index (κ1) is 14.3. The van der Waals surface area contributed by atoms with Crippen molar-refractivity contribution in [1.82, 2.24) is 15.1 Å². The normalized spacial score (nSPS) is 24.5. The second-order valence-electron chi connectivity index (χ2n) is 5.99. The van der Waals surface area contributed by atoms with Gasteiger partial charge in [0.25, 0.3) is 0 Å². The van der Waals surface area contributed by atoms with Gasteiger partial charge in [-0.05, 0) is 70.9 Å². The average molecular weight is 253 g/mol. The van der Waals surface area contributed by atoms with Crippen molar-refractivity contribution in [3.63, 3.8) is 0 Å². The second kappa shape index (κ2) is 8.13. The molecule has 2 saturated heterocycles. The molecule has 0 atom stereocenters. The smallest absolute Gasteiger partial charge is 0.0109 e. The quantitative estimate of drug-likeness (QED) is 0.778. The molecular formula is C15H31N3. The first-order chi connectivity index (χ1) is 8.88. The van der Waals surface area contributed by atoms with Crippen LogP contribution >= 0.6 is 0 Å². The van der Waals surface area contributed by atoms with Crippen molar-refractivity contribution in [1.29, 1.82) is 0 Å². The van der Waals surface area contributed by atoms with E-state index in [4.69, 9.17) is 0 Å². The maximum absolute atomic E-state index is 3.49. The lowest BCUT2D eigenvalue weighted by molar-refractivity contribution is 0.145. The maximum Gasteiger partial charge on any atom is 0.0109 e. The van der Waals surface area contributed by atoms with Gasteiger partial charge in [-0.2, -0.15) is 0 Å². The molecule has 2 aliphatic heterocycles. The molecule has 3 nitrogen and oxygen atoms in total. The summed E-state index contributed by atoms with van der Waals surface area (Å²) in [5.41, 5.74) is 0. The molecule has 2 fully saturated rings. The van der Waals surface area contributed by atoms with Gasteiger partial charge in [-0.15, -0.1) is 0 Å². The van der Waals surface area contributed by atoms with Crippen LogP contribution < -0.4 is 5.32 Å². The van der Waals surface area contributed by atoms with E-state index in [1.54, 1.807) is 0 Å². The summed E-state index contributed by atoms with van der Waals surface area (Å²) in [4.78, 5) is 5.34. The van der Waals surface area contributed by atoms with E-state index in [1.165, 1.54) is 77.9 Å². The van der Waals surface area contributed by atoms with Gasteiger partial charge in [0.2, 0.25) is 0 Å². The Morgan fingerprint density at radius 3 is 2.11 bits per heavy atom. The molecule has 0 aliphatic carbocycles. The Bertz CT molecular complexity index is 206. The molecule has 0 amide bonds. The molecule has 1 N–H and O–H groups in total. The van der Waals surface area contributed by atoms with Crippen LogP contribution in [-0.4, -0.2) is 62.2 Å². The molecule has 0 saturated carbocycles. The molecule has 18 heavy (non-hydrogen) atoms. The van der Waals surface area contributed by atoms with E-state index in [0.717, 1.165) is 12.5 Å². The monoisotopic (exact) mass is 253 g/mol. The topological polar surface area (TPSA) is 18.5 Å². The average Bonchev–Trinajstić information content (AvgIpc) is 2.45. The van der Waals surface area contributed by atoms with Gasteiger partial charge in [0.1, 0.15) is 0 Å². The van der Waals surface area contributed by atoms with E-state index in [-0.39, 0.29) is 0 Å². The van der Waals surface area contributed by atoms with Crippen LogP contribution in [0.4, 0.5) is 0 Å². The molecule has 0 aromatic heterocycles. The Kier molecular flexibility index (Phi) is 6.46. The predicted octanol–water partition coefficient (Wildman–Crippen LogP) is 1.79. The largest absolute Gasteiger partial charge is 0.317 e. The van der Waals surface area contributed by atoms with E-state index in [2.05, 4.69) is 22.0 Å². The number of nitrogens with one attached hydrogen (secondary N) is 1. The Morgan fingerprint density at radius 1 is 0.889 bits per heavy atom. The molecule has 0 radical (unpaired) electrons. The van der Waals surface area contributed by atoms with Gasteiger partial charge in [0.15, 0.2) is 0 Å². The first-order valence-electron chi connectivity index (χ1n) is 8.04. The van der Waals surface area contributed by atoms with Crippen molar-refractivity contribution in [2.75, 3.05) is 52.4 Å². The van der Waals surface area contributed by atoms with Gasteiger partial charge in [0, 0.05) is 13.1 Å². The molecule has 0 bridgehead atoms. The summed E-state index contributed by atoms with van der Waals surface area (Å²) in [5.74, 6) is 0.927. The Balaban J connectivity index is 1.55. The SMILES string of the molecule is CCNCC1CCN(CCN2CCCCC2)CC1. The molecule has 0 aromatic rings. The van der Waals surface area contributed by atoms with Gasteiger partial charge < -0.3 is 15.1 Å². The number of nitrogens with zero attached hydrogens (tertiary/aromatic N) is 2. The summed E-state index contributed by atoms with van der Waals surface area (Å²) < 4.78 is 0. The lowest BCUT2D eigenvalue weighted by Gasteiger charge is -2.34. The summed E-state index contributed by atoms with van der Waals surface area (Å²) in [7, 11) is 0. The minimum absolute atomic E-state index is 0.927. The van der Waals surface area contributed by atoms with Crippen LogP contribution in [0.1, 0.15) is 39.0 Å². The number of piperidine rings is 2. The molecule has 2 rings (SSSR count). The molecular weight excluding hydrogens is 222 g/mol. The van der Waals surface area contributed by atoms with E-state index in [0.29, 0.717) is 0 Å². The van der Waals surface area contributed by atoms with Crippen molar-refractivity contribution in [2.24, 2.45) is 5.92 Å². The third-order valence-electron chi connectivity index (χ3n) is 4.57. The number of rotatable bonds is 6.